The van der Waals surface area contributed by atoms with E-state index in [0.29, 0.717) is 5.92 Å². The van der Waals surface area contributed by atoms with E-state index in [1.165, 1.54) is 12.8 Å². The van der Waals surface area contributed by atoms with Crippen molar-refractivity contribution >= 4 is 17.4 Å². The number of pyridine rings is 1. The molecule has 0 aliphatic heterocycles. The van der Waals surface area contributed by atoms with Crippen LogP contribution in [-0.4, -0.2) is 11.0 Å². The Hall–Kier alpha value is -0.970. The molecule has 1 aromatic heterocycles. The van der Waals surface area contributed by atoms with Crippen LogP contribution in [0.15, 0.2) is 12.1 Å². The van der Waals surface area contributed by atoms with Gasteiger partial charge < -0.3 is 5.32 Å². The van der Waals surface area contributed by atoms with Crippen LogP contribution >= 0.6 is 11.6 Å². The fraction of sp³-hybridized carbons (Fsp3) is 0.583. The Morgan fingerprint density at radius 1 is 1.44 bits per heavy atom. The minimum absolute atomic E-state index is 0.101. The summed E-state index contributed by atoms with van der Waals surface area (Å²) in [6.45, 7) is 1.94. The zero-order chi connectivity index (χ0) is 13.3. The second kappa shape index (κ2) is 4.96. The normalized spacial score (nSPS) is 17.6. The number of rotatable bonds is 4. The van der Waals surface area contributed by atoms with Gasteiger partial charge >= 0.3 is 6.18 Å². The molecule has 6 heteroatoms. The van der Waals surface area contributed by atoms with Crippen LogP contribution in [0.3, 0.4) is 0 Å². The number of nitrogens with one attached hydrogen (secondary N) is 1. The summed E-state index contributed by atoms with van der Waals surface area (Å²) in [7, 11) is 0. The van der Waals surface area contributed by atoms with Crippen molar-refractivity contribution in [1.29, 1.82) is 0 Å². The van der Waals surface area contributed by atoms with Crippen molar-refractivity contribution in [3.8, 4) is 0 Å². The Morgan fingerprint density at radius 3 is 2.67 bits per heavy atom. The van der Waals surface area contributed by atoms with E-state index in [0.717, 1.165) is 18.6 Å². The first kappa shape index (κ1) is 13.5. The summed E-state index contributed by atoms with van der Waals surface area (Å²) in [5.74, 6) is 0.886. The summed E-state index contributed by atoms with van der Waals surface area (Å²) >= 11 is 5.61. The van der Waals surface area contributed by atoms with Crippen LogP contribution in [-0.2, 0) is 6.18 Å². The summed E-state index contributed by atoms with van der Waals surface area (Å²) in [5.41, 5.74) is -0.774. The molecule has 0 spiro atoms. The van der Waals surface area contributed by atoms with Gasteiger partial charge in [0.25, 0.3) is 0 Å². The number of hydrogen-bond donors (Lipinski definition) is 1. The molecule has 0 aromatic carbocycles. The van der Waals surface area contributed by atoms with Gasteiger partial charge in [0.05, 0.1) is 5.56 Å². The lowest BCUT2D eigenvalue weighted by Gasteiger charge is -2.15. The zero-order valence-corrected chi connectivity index (χ0v) is 10.6. The third-order valence-electron chi connectivity index (χ3n) is 2.90. The largest absolute Gasteiger partial charge is 0.416 e. The third-order valence-corrected chi connectivity index (χ3v) is 3.09. The smallest absolute Gasteiger partial charge is 0.368 e. The van der Waals surface area contributed by atoms with E-state index in [-0.39, 0.29) is 17.0 Å². The summed E-state index contributed by atoms with van der Waals surface area (Å²) < 4.78 is 37.8. The number of aromatic nitrogens is 1. The molecule has 1 aliphatic carbocycles. The van der Waals surface area contributed by atoms with Crippen molar-refractivity contribution in [3.63, 3.8) is 0 Å². The van der Waals surface area contributed by atoms with E-state index in [2.05, 4.69) is 10.3 Å². The Kier molecular flexibility index (Phi) is 3.71. The van der Waals surface area contributed by atoms with Gasteiger partial charge in [0.2, 0.25) is 0 Å². The average molecular weight is 279 g/mol. The molecule has 1 aromatic rings. The molecule has 1 atom stereocenters. The summed E-state index contributed by atoms with van der Waals surface area (Å²) in [4.78, 5) is 3.87. The lowest BCUT2D eigenvalue weighted by Crippen LogP contribution is -2.17. The van der Waals surface area contributed by atoms with Gasteiger partial charge in [-0.05, 0) is 31.4 Å². The number of halogens is 4. The van der Waals surface area contributed by atoms with E-state index < -0.39 is 11.7 Å². The van der Waals surface area contributed by atoms with E-state index >= 15 is 0 Å². The van der Waals surface area contributed by atoms with Gasteiger partial charge in [-0.1, -0.05) is 24.4 Å². The molecule has 0 saturated heterocycles. The second-order valence-electron chi connectivity index (χ2n) is 4.79. The van der Waals surface area contributed by atoms with Crippen molar-refractivity contribution in [2.24, 2.45) is 5.92 Å². The highest BCUT2D eigenvalue weighted by Crippen LogP contribution is 2.35. The van der Waals surface area contributed by atoms with Crippen LogP contribution < -0.4 is 5.32 Å². The van der Waals surface area contributed by atoms with Crippen LogP contribution in [0.25, 0.3) is 0 Å². The van der Waals surface area contributed by atoms with Gasteiger partial charge in [-0.15, -0.1) is 0 Å². The van der Waals surface area contributed by atoms with Crippen LogP contribution in [0.5, 0.6) is 0 Å². The summed E-state index contributed by atoms with van der Waals surface area (Å²) in [6, 6.07) is 1.93. The molecular weight excluding hydrogens is 265 g/mol. The van der Waals surface area contributed by atoms with E-state index in [4.69, 9.17) is 11.6 Å². The molecule has 0 radical (unpaired) electrons. The van der Waals surface area contributed by atoms with Crippen molar-refractivity contribution in [1.82, 2.24) is 4.98 Å². The van der Waals surface area contributed by atoms with Crippen LogP contribution in [0.2, 0.25) is 5.15 Å². The van der Waals surface area contributed by atoms with Gasteiger partial charge in [0.1, 0.15) is 11.0 Å². The van der Waals surface area contributed by atoms with E-state index in [1.807, 2.05) is 6.92 Å². The SMILES string of the molecule is CC(CC1CC1)Nc1cc(C(F)(F)F)cc(Cl)n1. The molecule has 100 valence electrons. The van der Waals surface area contributed by atoms with Crippen molar-refractivity contribution in [2.45, 2.75) is 38.4 Å². The molecular formula is C12H14ClF3N2. The Balaban J connectivity index is 2.09. The van der Waals surface area contributed by atoms with Crippen LogP contribution in [0, 0.1) is 5.92 Å². The standard InChI is InChI=1S/C12H14ClF3N2/c1-7(4-8-2-3-8)17-11-6-9(12(14,15)16)5-10(13)18-11/h5-8H,2-4H2,1H3,(H,17,18). The molecule has 2 rings (SSSR count). The van der Waals surface area contributed by atoms with Gasteiger partial charge in [0, 0.05) is 6.04 Å². The zero-order valence-electron chi connectivity index (χ0n) is 9.89. The number of anilines is 1. The lowest BCUT2D eigenvalue weighted by molar-refractivity contribution is -0.137. The van der Waals surface area contributed by atoms with Gasteiger partial charge in [0.15, 0.2) is 0 Å². The molecule has 1 heterocycles. The van der Waals surface area contributed by atoms with Crippen LogP contribution in [0.1, 0.15) is 31.7 Å². The number of nitrogens with zero attached hydrogens (tertiary/aromatic N) is 1. The minimum Gasteiger partial charge on any atom is -0.368 e. The summed E-state index contributed by atoms with van der Waals surface area (Å²) in [5, 5.41) is 2.82. The minimum atomic E-state index is -4.40. The quantitative estimate of drug-likeness (QED) is 0.828. The molecule has 2 nitrogen and oxygen atoms in total. The molecule has 1 unspecified atom stereocenters. The Morgan fingerprint density at radius 2 is 2.11 bits per heavy atom. The topological polar surface area (TPSA) is 24.9 Å². The molecule has 1 N–H and O–H groups in total. The van der Waals surface area contributed by atoms with Crippen molar-refractivity contribution < 1.29 is 13.2 Å². The maximum Gasteiger partial charge on any atom is 0.416 e. The first-order valence-electron chi connectivity index (χ1n) is 5.86. The molecule has 18 heavy (non-hydrogen) atoms. The highest BCUT2D eigenvalue weighted by atomic mass is 35.5. The van der Waals surface area contributed by atoms with E-state index in [1.54, 1.807) is 0 Å². The van der Waals surface area contributed by atoms with Crippen LogP contribution in [0.4, 0.5) is 19.0 Å². The van der Waals surface area contributed by atoms with E-state index in [9.17, 15) is 13.2 Å². The molecule has 1 aliphatic rings. The predicted molar refractivity (Wildman–Crippen MR) is 64.7 cm³/mol. The van der Waals surface area contributed by atoms with Crippen molar-refractivity contribution in [3.05, 3.63) is 22.8 Å². The highest BCUT2D eigenvalue weighted by molar-refractivity contribution is 6.29. The number of hydrogen-bond acceptors (Lipinski definition) is 2. The maximum atomic E-state index is 12.6. The average Bonchev–Trinajstić information content (AvgIpc) is 2.98. The van der Waals surface area contributed by atoms with Gasteiger partial charge in [-0.3, -0.25) is 0 Å². The Labute approximate surface area is 109 Å². The van der Waals surface area contributed by atoms with Gasteiger partial charge in [-0.2, -0.15) is 13.2 Å². The maximum absolute atomic E-state index is 12.6. The van der Waals surface area contributed by atoms with Crippen molar-refractivity contribution in [2.75, 3.05) is 5.32 Å². The Bertz CT molecular complexity index is 430. The van der Waals surface area contributed by atoms with Gasteiger partial charge in [-0.25, -0.2) is 4.98 Å². The highest BCUT2D eigenvalue weighted by Gasteiger charge is 2.31. The second-order valence-corrected chi connectivity index (χ2v) is 5.17. The molecule has 0 amide bonds. The molecule has 1 saturated carbocycles. The monoisotopic (exact) mass is 278 g/mol. The molecule has 1 fully saturated rings. The first-order chi connectivity index (χ1) is 8.34. The first-order valence-corrected chi connectivity index (χ1v) is 6.23. The number of alkyl halides is 3. The fourth-order valence-electron chi connectivity index (χ4n) is 1.90. The molecule has 0 bridgehead atoms. The summed E-state index contributed by atoms with van der Waals surface area (Å²) in [6.07, 6.45) is -1.02. The fourth-order valence-corrected chi connectivity index (χ4v) is 2.11. The third kappa shape index (κ3) is 3.77. The lowest BCUT2D eigenvalue weighted by atomic mass is 10.1. The predicted octanol–water partition coefficient (Wildman–Crippen LogP) is 4.35.